The Morgan fingerprint density at radius 3 is 2.55 bits per heavy atom. The SMILES string of the molecule is CSc1ccc(C2SCC(=O)N2CCN2CCCCC2)cc1. The minimum atomic E-state index is 0.202. The van der Waals surface area contributed by atoms with Crippen LogP contribution in [0.2, 0.25) is 0 Å². The van der Waals surface area contributed by atoms with Crippen molar-refractivity contribution >= 4 is 29.4 Å². The predicted octanol–water partition coefficient (Wildman–Crippen LogP) is 3.47. The number of carbonyl (C=O) groups excluding carboxylic acids is 1. The fraction of sp³-hybridized carbons (Fsp3) is 0.588. The van der Waals surface area contributed by atoms with Crippen molar-refractivity contribution in [3.8, 4) is 0 Å². The molecule has 1 aromatic rings. The van der Waals surface area contributed by atoms with E-state index in [9.17, 15) is 4.79 Å². The number of piperidine rings is 1. The van der Waals surface area contributed by atoms with Gasteiger partial charge in [0.1, 0.15) is 5.37 Å². The smallest absolute Gasteiger partial charge is 0.233 e. The Hall–Kier alpha value is -0.650. The van der Waals surface area contributed by atoms with E-state index in [-0.39, 0.29) is 5.37 Å². The molecule has 1 atom stereocenters. The molecule has 0 aromatic heterocycles. The highest BCUT2D eigenvalue weighted by Crippen LogP contribution is 2.38. The third kappa shape index (κ3) is 3.81. The van der Waals surface area contributed by atoms with Crippen LogP contribution in [0.4, 0.5) is 0 Å². The molecule has 1 aromatic carbocycles. The fourth-order valence-corrected chi connectivity index (χ4v) is 4.80. The van der Waals surface area contributed by atoms with Crippen LogP contribution in [0.15, 0.2) is 29.2 Å². The highest BCUT2D eigenvalue weighted by molar-refractivity contribution is 8.00. The number of nitrogens with zero attached hydrogens (tertiary/aromatic N) is 2. The Balaban J connectivity index is 1.63. The number of benzene rings is 1. The zero-order valence-electron chi connectivity index (χ0n) is 13.2. The quantitative estimate of drug-likeness (QED) is 0.768. The number of rotatable bonds is 5. The van der Waals surface area contributed by atoms with Gasteiger partial charge in [0.05, 0.1) is 5.75 Å². The zero-order valence-corrected chi connectivity index (χ0v) is 14.8. The third-order valence-electron chi connectivity index (χ3n) is 4.47. The van der Waals surface area contributed by atoms with Gasteiger partial charge in [-0.05, 0) is 49.9 Å². The molecule has 0 bridgehead atoms. The van der Waals surface area contributed by atoms with E-state index in [1.807, 2.05) is 0 Å². The van der Waals surface area contributed by atoms with E-state index in [4.69, 9.17) is 0 Å². The summed E-state index contributed by atoms with van der Waals surface area (Å²) in [5, 5.41) is 0.202. The van der Waals surface area contributed by atoms with E-state index in [1.165, 1.54) is 42.8 Å². The third-order valence-corrected chi connectivity index (χ3v) is 6.47. The van der Waals surface area contributed by atoms with Gasteiger partial charge in [0.15, 0.2) is 0 Å². The Bertz CT molecular complexity index is 500. The molecule has 1 amide bonds. The van der Waals surface area contributed by atoms with Gasteiger partial charge in [0, 0.05) is 18.0 Å². The van der Waals surface area contributed by atoms with Gasteiger partial charge in [-0.2, -0.15) is 0 Å². The molecule has 2 heterocycles. The lowest BCUT2D eigenvalue weighted by Gasteiger charge is -2.30. The molecule has 2 saturated heterocycles. The summed E-state index contributed by atoms with van der Waals surface area (Å²) in [6.45, 7) is 4.27. The summed E-state index contributed by atoms with van der Waals surface area (Å²) in [5.74, 6) is 0.913. The predicted molar refractivity (Wildman–Crippen MR) is 95.4 cm³/mol. The molecular weight excluding hydrogens is 312 g/mol. The molecule has 2 aliphatic heterocycles. The molecule has 0 aliphatic carbocycles. The number of hydrogen-bond acceptors (Lipinski definition) is 4. The van der Waals surface area contributed by atoms with Gasteiger partial charge in [0.2, 0.25) is 5.91 Å². The molecule has 22 heavy (non-hydrogen) atoms. The van der Waals surface area contributed by atoms with Crippen LogP contribution < -0.4 is 0 Å². The summed E-state index contributed by atoms with van der Waals surface area (Å²) in [4.78, 5) is 18.1. The Labute approximate surface area is 141 Å². The second-order valence-corrected chi connectivity index (χ2v) is 7.87. The summed E-state index contributed by atoms with van der Waals surface area (Å²) in [6.07, 6.45) is 6.07. The maximum absolute atomic E-state index is 12.2. The molecule has 120 valence electrons. The van der Waals surface area contributed by atoms with Gasteiger partial charge < -0.3 is 9.80 Å². The molecule has 2 aliphatic rings. The van der Waals surface area contributed by atoms with Gasteiger partial charge in [-0.15, -0.1) is 23.5 Å². The van der Waals surface area contributed by atoms with Crippen molar-refractivity contribution in [1.82, 2.24) is 9.80 Å². The van der Waals surface area contributed by atoms with E-state index >= 15 is 0 Å². The molecule has 0 radical (unpaired) electrons. The molecule has 0 N–H and O–H groups in total. The lowest BCUT2D eigenvalue weighted by Crippen LogP contribution is -2.39. The summed E-state index contributed by atoms with van der Waals surface area (Å²) in [5.41, 5.74) is 1.26. The minimum Gasteiger partial charge on any atom is -0.325 e. The summed E-state index contributed by atoms with van der Waals surface area (Å²) >= 11 is 3.52. The first kappa shape index (κ1) is 16.2. The van der Waals surface area contributed by atoms with E-state index < -0.39 is 0 Å². The van der Waals surface area contributed by atoms with Crippen molar-refractivity contribution in [1.29, 1.82) is 0 Å². The van der Waals surface area contributed by atoms with Crippen LogP contribution in [0.3, 0.4) is 0 Å². The monoisotopic (exact) mass is 336 g/mol. The molecule has 5 heteroatoms. The van der Waals surface area contributed by atoms with Crippen molar-refractivity contribution < 1.29 is 4.79 Å². The lowest BCUT2D eigenvalue weighted by atomic mass is 10.1. The standard InChI is InChI=1S/C17H24N2OS2/c1-21-15-7-5-14(6-8-15)17-19(16(20)13-22-17)12-11-18-9-3-2-4-10-18/h5-8,17H,2-4,9-13H2,1H3. The number of thioether (sulfide) groups is 2. The highest BCUT2D eigenvalue weighted by Gasteiger charge is 2.32. The lowest BCUT2D eigenvalue weighted by molar-refractivity contribution is -0.128. The zero-order chi connectivity index (χ0) is 15.4. The number of hydrogen-bond donors (Lipinski definition) is 0. The first-order valence-electron chi connectivity index (χ1n) is 8.05. The van der Waals surface area contributed by atoms with Crippen LogP contribution in [0, 0.1) is 0 Å². The van der Waals surface area contributed by atoms with Gasteiger partial charge in [-0.3, -0.25) is 4.79 Å². The molecule has 0 spiro atoms. The maximum atomic E-state index is 12.2. The summed E-state index contributed by atoms with van der Waals surface area (Å²) < 4.78 is 0. The molecule has 2 fully saturated rings. The minimum absolute atomic E-state index is 0.202. The van der Waals surface area contributed by atoms with Crippen LogP contribution >= 0.6 is 23.5 Å². The van der Waals surface area contributed by atoms with E-state index in [0.717, 1.165) is 13.1 Å². The van der Waals surface area contributed by atoms with Crippen molar-refractivity contribution in [3.05, 3.63) is 29.8 Å². The average molecular weight is 337 g/mol. The normalized spacial score (nSPS) is 23.2. The Morgan fingerprint density at radius 1 is 1.14 bits per heavy atom. The number of likely N-dealkylation sites (tertiary alicyclic amines) is 1. The largest absolute Gasteiger partial charge is 0.325 e. The van der Waals surface area contributed by atoms with E-state index in [2.05, 4.69) is 40.3 Å². The van der Waals surface area contributed by atoms with Crippen LogP contribution in [0.5, 0.6) is 0 Å². The topological polar surface area (TPSA) is 23.6 Å². The van der Waals surface area contributed by atoms with Crippen molar-refractivity contribution in [2.75, 3.05) is 38.2 Å². The van der Waals surface area contributed by atoms with E-state index in [0.29, 0.717) is 11.7 Å². The average Bonchev–Trinajstić information content (AvgIpc) is 2.95. The van der Waals surface area contributed by atoms with E-state index in [1.54, 1.807) is 23.5 Å². The van der Waals surface area contributed by atoms with Gasteiger partial charge >= 0.3 is 0 Å². The van der Waals surface area contributed by atoms with Gasteiger partial charge in [0.25, 0.3) is 0 Å². The molecular formula is C17H24N2OS2. The summed E-state index contributed by atoms with van der Waals surface area (Å²) in [6, 6.07) is 8.67. The fourth-order valence-electron chi connectivity index (χ4n) is 3.17. The molecule has 0 saturated carbocycles. The van der Waals surface area contributed by atoms with Crippen LogP contribution in [-0.4, -0.2) is 53.9 Å². The first-order valence-corrected chi connectivity index (χ1v) is 10.3. The van der Waals surface area contributed by atoms with Crippen LogP contribution in [-0.2, 0) is 4.79 Å². The maximum Gasteiger partial charge on any atom is 0.233 e. The second-order valence-electron chi connectivity index (χ2n) is 5.93. The highest BCUT2D eigenvalue weighted by atomic mass is 32.2. The second kappa shape index (κ2) is 7.75. The van der Waals surface area contributed by atoms with Crippen molar-refractivity contribution in [3.63, 3.8) is 0 Å². The first-order chi connectivity index (χ1) is 10.8. The molecule has 1 unspecified atom stereocenters. The Morgan fingerprint density at radius 2 is 1.86 bits per heavy atom. The van der Waals surface area contributed by atoms with Gasteiger partial charge in [-0.1, -0.05) is 18.6 Å². The Kier molecular flexibility index (Phi) is 5.71. The molecule has 3 rings (SSSR count). The van der Waals surface area contributed by atoms with Crippen molar-refractivity contribution in [2.45, 2.75) is 29.5 Å². The van der Waals surface area contributed by atoms with Crippen molar-refractivity contribution in [2.24, 2.45) is 0 Å². The number of carbonyl (C=O) groups is 1. The van der Waals surface area contributed by atoms with Crippen LogP contribution in [0.1, 0.15) is 30.2 Å². The van der Waals surface area contributed by atoms with Crippen LogP contribution in [0.25, 0.3) is 0 Å². The number of amides is 1. The molecule has 3 nitrogen and oxygen atoms in total. The summed E-state index contributed by atoms with van der Waals surface area (Å²) in [7, 11) is 0. The van der Waals surface area contributed by atoms with Gasteiger partial charge in [-0.25, -0.2) is 0 Å².